The summed E-state index contributed by atoms with van der Waals surface area (Å²) in [6, 6.07) is 8.23. The number of amides is 2. The van der Waals surface area contributed by atoms with Gasteiger partial charge in [0.2, 0.25) is 11.8 Å². The van der Waals surface area contributed by atoms with Crippen LogP contribution in [-0.2, 0) is 9.59 Å². The molecule has 22 heavy (non-hydrogen) atoms. The third-order valence-electron chi connectivity index (χ3n) is 4.86. The highest BCUT2D eigenvalue weighted by atomic mass is 79.9. The van der Waals surface area contributed by atoms with Crippen LogP contribution in [0, 0.1) is 11.8 Å². The summed E-state index contributed by atoms with van der Waals surface area (Å²) in [6.45, 7) is 0.530. The predicted molar refractivity (Wildman–Crippen MR) is 88.1 cm³/mol. The Hall–Kier alpha value is -1.36. The van der Waals surface area contributed by atoms with Crippen LogP contribution in [0.4, 0.5) is 0 Å². The Morgan fingerprint density at radius 3 is 2.50 bits per heavy atom. The average Bonchev–Trinajstić information content (AvgIpc) is 2.77. The van der Waals surface area contributed by atoms with Crippen LogP contribution in [0.25, 0.3) is 0 Å². The van der Waals surface area contributed by atoms with Gasteiger partial charge in [-0.2, -0.15) is 0 Å². The molecule has 0 unspecified atom stereocenters. The van der Waals surface area contributed by atoms with Crippen molar-refractivity contribution in [2.24, 2.45) is 11.8 Å². The summed E-state index contributed by atoms with van der Waals surface area (Å²) in [5.41, 5.74) is 1.15. The quantitative estimate of drug-likeness (QED) is 0.892. The molecule has 1 aliphatic carbocycles. The zero-order chi connectivity index (χ0) is 15.7. The number of carbonyl (C=O) groups is 2. The number of likely N-dealkylation sites (tertiary alicyclic amines) is 1. The van der Waals surface area contributed by atoms with E-state index in [1.165, 1.54) is 6.42 Å². The van der Waals surface area contributed by atoms with Crippen LogP contribution >= 0.6 is 15.9 Å². The van der Waals surface area contributed by atoms with Crippen LogP contribution in [0.2, 0.25) is 0 Å². The van der Waals surface area contributed by atoms with Crippen molar-refractivity contribution in [2.45, 2.75) is 31.7 Å². The van der Waals surface area contributed by atoms with Gasteiger partial charge in [-0.3, -0.25) is 9.59 Å². The van der Waals surface area contributed by atoms with E-state index >= 15 is 0 Å². The Balaban J connectivity index is 1.71. The zero-order valence-corrected chi connectivity index (χ0v) is 14.3. The summed E-state index contributed by atoms with van der Waals surface area (Å²) in [5, 5.41) is 3.20. The number of hydrogen-bond donors (Lipinski definition) is 1. The highest BCUT2D eigenvalue weighted by molar-refractivity contribution is 9.10. The highest BCUT2D eigenvalue weighted by Crippen LogP contribution is 2.38. The van der Waals surface area contributed by atoms with E-state index in [0.717, 1.165) is 22.9 Å². The van der Waals surface area contributed by atoms with Crippen LogP contribution in [-0.4, -0.2) is 30.3 Å². The van der Waals surface area contributed by atoms with Crippen LogP contribution < -0.4 is 5.32 Å². The largest absolute Gasteiger partial charge is 0.349 e. The smallest absolute Gasteiger partial charge is 0.225 e. The lowest BCUT2D eigenvalue weighted by molar-refractivity contribution is -0.128. The number of nitrogens with one attached hydrogen (secondary N) is 1. The molecular weight excluding hydrogens is 344 g/mol. The normalized spacial score (nSPS) is 23.3. The molecule has 2 fully saturated rings. The maximum absolute atomic E-state index is 12.5. The Kier molecular flexibility index (Phi) is 4.52. The van der Waals surface area contributed by atoms with Crippen LogP contribution in [0.3, 0.4) is 0 Å². The van der Waals surface area contributed by atoms with Crippen molar-refractivity contribution >= 4 is 27.7 Å². The molecule has 1 aromatic rings. The van der Waals surface area contributed by atoms with Gasteiger partial charge in [0.05, 0.1) is 12.0 Å². The number of hydrogen-bond acceptors (Lipinski definition) is 2. The van der Waals surface area contributed by atoms with E-state index in [1.54, 1.807) is 11.9 Å². The van der Waals surface area contributed by atoms with Gasteiger partial charge < -0.3 is 10.2 Å². The van der Waals surface area contributed by atoms with Crippen molar-refractivity contribution in [2.75, 3.05) is 13.6 Å². The lowest BCUT2D eigenvalue weighted by Gasteiger charge is -2.35. The first-order valence-corrected chi connectivity index (χ1v) is 8.63. The Morgan fingerprint density at radius 2 is 2.00 bits per heavy atom. The van der Waals surface area contributed by atoms with Crippen molar-refractivity contribution < 1.29 is 9.59 Å². The molecule has 1 saturated carbocycles. The first-order chi connectivity index (χ1) is 10.5. The second-order valence-corrected chi connectivity index (χ2v) is 7.32. The van der Waals surface area contributed by atoms with E-state index in [-0.39, 0.29) is 23.8 Å². The number of rotatable bonds is 4. The van der Waals surface area contributed by atoms with Crippen LogP contribution in [0.15, 0.2) is 28.7 Å². The average molecular weight is 365 g/mol. The maximum Gasteiger partial charge on any atom is 0.225 e. The molecule has 1 N–H and O–H groups in total. The van der Waals surface area contributed by atoms with Gasteiger partial charge in [-0.05, 0) is 36.5 Å². The van der Waals surface area contributed by atoms with Gasteiger partial charge in [0, 0.05) is 24.5 Å². The number of benzene rings is 1. The van der Waals surface area contributed by atoms with Crippen LogP contribution in [0.1, 0.15) is 37.3 Å². The van der Waals surface area contributed by atoms with E-state index in [2.05, 4.69) is 33.4 Å². The lowest BCUT2D eigenvalue weighted by Crippen LogP contribution is -2.40. The minimum Gasteiger partial charge on any atom is -0.349 e. The van der Waals surface area contributed by atoms with Crippen molar-refractivity contribution in [3.8, 4) is 0 Å². The number of halogens is 1. The molecule has 1 aromatic carbocycles. The third kappa shape index (κ3) is 3.19. The molecule has 1 saturated heterocycles. The third-order valence-corrected chi connectivity index (χ3v) is 5.39. The summed E-state index contributed by atoms with van der Waals surface area (Å²) in [5.74, 6) is 0.372. The lowest BCUT2D eigenvalue weighted by atomic mass is 9.77. The molecule has 5 heteroatoms. The fourth-order valence-corrected chi connectivity index (χ4v) is 3.49. The summed E-state index contributed by atoms with van der Waals surface area (Å²) in [6.07, 6.45) is 3.88. The predicted octanol–water partition coefficient (Wildman–Crippen LogP) is 2.88. The first kappa shape index (κ1) is 15.5. The van der Waals surface area contributed by atoms with E-state index in [0.29, 0.717) is 18.9 Å². The van der Waals surface area contributed by atoms with Crippen molar-refractivity contribution in [3.05, 3.63) is 34.3 Å². The molecule has 4 nitrogen and oxygen atoms in total. The van der Waals surface area contributed by atoms with Gasteiger partial charge in [0.1, 0.15) is 0 Å². The maximum atomic E-state index is 12.5. The van der Waals surface area contributed by atoms with Gasteiger partial charge in [0.15, 0.2) is 0 Å². The first-order valence-electron chi connectivity index (χ1n) is 7.84. The molecule has 2 amide bonds. The van der Waals surface area contributed by atoms with Gasteiger partial charge in [-0.15, -0.1) is 0 Å². The number of carbonyl (C=O) groups excluding carboxylic acids is 2. The molecular formula is C17H21BrN2O2. The van der Waals surface area contributed by atoms with E-state index in [1.807, 2.05) is 12.1 Å². The SMILES string of the molecule is CN1C[C@H](C(=O)N[C@@H](c2ccc(Br)cc2)C2CCC2)CC1=O. The van der Waals surface area contributed by atoms with Crippen molar-refractivity contribution in [1.29, 1.82) is 0 Å². The highest BCUT2D eigenvalue weighted by Gasteiger charge is 2.35. The molecule has 0 spiro atoms. The molecule has 2 aliphatic rings. The Bertz CT molecular complexity index is 569. The van der Waals surface area contributed by atoms with Gasteiger partial charge in [-0.1, -0.05) is 34.5 Å². The van der Waals surface area contributed by atoms with E-state index in [9.17, 15) is 9.59 Å². The zero-order valence-electron chi connectivity index (χ0n) is 12.7. The molecule has 0 bridgehead atoms. The molecule has 1 heterocycles. The summed E-state index contributed by atoms with van der Waals surface area (Å²) >= 11 is 3.45. The minimum atomic E-state index is -0.212. The van der Waals surface area contributed by atoms with Crippen LogP contribution in [0.5, 0.6) is 0 Å². The van der Waals surface area contributed by atoms with Gasteiger partial charge in [0.25, 0.3) is 0 Å². The standard InChI is InChI=1S/C17H21BrN2O2/c1-20-10-13(9-15(20)21)17(22)19-16(11-3-2-4-11)12-5-7-14(18)8-6-12/h5-8,11,13,16H,2-4,9-10H2,1H3,(H,19,22)/t13-,16-/m1/s1. The van der Waals surface area contributed by atoms with Crippen molar-refractivity contribution in [1.82, 2.24) is 10.2 Å². The van der Waals surface area contributed by atoms with Gasteiger partial charge >= 0.3 is 0 Å². The van der Waals surface area contributed by atoms with E-state index < -0.39 is 0 Å². The fraction of sp³-hybridized carbons (Fsp3) is 0.529. The minimum absolute atomic E-state index is 0.0116. The Morgan fingerprint density at radius 1 is 1.32 bits per heavy atom. The molecule has 2 atom stereocenters. The molecule has 3 rings (SSSR count). The van der Waals surface area contributed by atoms with Crippen molar-refractivity contribution in [3.63, 3.8) is 0 Å². The summed E-state index contributed by atoms with van der Waals surface area (Å²) in [7, 11) is 1.76. The monoisotopic (exact) mass is 364 g/mol. The molecule has 0 radical (unpaired) electrons. The number of nitrogens with zero attached hydrogens (tertiary/aromatic N) is 1. The molecule has 1 aliphatic heterocycles. The topological polar surface area (TPSA) is 49.4 Å². The second-order valence-electron chi connectivity index (χ2n) is 6.40. The molecule has 118 valence electrons. The molecule has 0 aromatic heterocycles. The summed E-state index contributed by atoms with van der Waals surface area (Å²) in [4.78, 5) is 25.8. The second kappa shape index (κ2) is 6.41. The fourth-order valence-electron chi connectivity index (χ4n) is 3.23. The summed E-state index contributed by atoms with van der Waals surface area (Å²) < 4.78 is 1.04. The van der Waals surface area contributed by atoms with E-state index in [4.69, 9.17) is 0 Å². The Labute approximate surface area is 139 Å². The van der Waals surface area contributed by atoms with Gasteiger partial charge in [-0.25, -0.2) is 0 Å².